The lowest BCUT2D eigenvalue weighted by Crippen LogP contribution is -2.56. The normalized spacial score (nSPS) is 53.1. The van der Waals surface area contributed by atoms with Gasteiger partial charge in [-0.2, -0.15) is 0 Å². The highest BCUT2D eigenvalue weighted by molar-refractivity contribution is 5.07. The van der Waals surface area contributed by atoms with Crippen molar-refractivity contribution in [1.82, 2.24) is 5.32 Å². The smallest absolute Gasteiger partial charge is 0.0636 e. The van der Waals surface area contributed by atoms with E-state index in [0.717, 1.165) is 35.6 Å². The Morgan fingerprint density at radius 3 is 2.00 bits per heavy atom. The minimum absolute atomic E-state index is 0.196. The van der Waals surface area contributed by atoms with E-state index in [9.17, 15) is 5.11 Å². The summed E-state index contributed by atoms with van der Waals surface area (Å²) in [5.41, 5.74) is 0.762. The van der Waals surface area contributed by atoms with Gasteiger partial charge in [-0.1, -0.05) is 0 Å². The zero-order valence-corrected chi connectivity index (χ0v) is 12.3. The highest BCUT2D eigenvalue weighted by Gasteiger charge is 2.56. The van der Waals surface area contributed by atoms with Crippen LogP contribution < -0.4 is 5.32 Å². The molecule has 5 aliphatic carbocycles. The third kappa shape index (κ3) is 2.15. The molecule has 0 spiro atoms. The number of hydrogen-bond donors (Lipinski definition) is 2. The van der Waals surface area contributed by atoms with Crippen molar-refractivity contribution >= 4 is 0 Å². The van der Waals surface area contributed by atoms with Crippen LogP contribution in [0, 0.1) is 29.1 Å². The molecule has 0 radical (unpaired) electrons. The fourth-order valence-electron chi connectivity index (χ4n) is 6.30. The van der Waals surface area contributed by atoms with Crippen LogP contribution in [-0.2, 0) is 0 Å². The fraction of sp³-hybridized carbons (Fsp3) is 1.00. The summed E-state index contributed by atoms with van der Waals surface area (Å²) in [6.45, 7) is 2.65. The van der Waals surface area contributed by atoms with Crippen molar-refractivity contribution in [1.29, 1.82) is 0 Å². The van der Waals surface area contributed by atoms with E-state index in [4.69, 9.17) is 0 Å². The second-order valence-electron chi connectivity index (χ2n) is 8.40. The molecular weight excluding hydrogens is 234 g/mol. The summed E-state index contributed by atoms with van der Waals surface area (Å²) >= 11 is 0. The zero-order valence-electron chi connectivity index (χ0n) is 12.3. The van der Waals surface area contributed by atoms with Crippen molar-refractivity contribution < 1.29 is 5.11 Å². The second-order valence-corrected chi connectivity index (χ2v) is 8.40. The first-order valence-electron chi connectivity index (χ1n) is 8.54. The summed E-state index contributed by atoms with van der Waals surface area (Å²) in [6.07, 6.45) is 12.0. The molecule has 0 saturated heterocycles. The maximum absolute atomic E-state index is 9.35. The Hall–Kier alpha value is -0.0800. The molecule has 5 fully saturated rings. The van der Waals surface area contributed by atoms with Crippen LogP contribution in [-0.4, -0.2) is 23.8 Å². The lowest BCUT2D eigenvalue weighted by molar-refractivity contribution is -0.113. The first kappa shape index (κ1) is 12.6. The van der Waals surface area contributed by atoms with Gasteiger partial charge in [0.05, 0.1) is 6.10 Å². The van der Waals surface area contributed by atoms with Gasteiger partial charge in [0.2, 0.25) is 0 Å². The van der Waals surface area contributed by atoms with Gasteiger partial charge in [0.25, 0.3) is 0 Å². The molecule has 0 aliphatic heterocycles. The molecule has 2 heteroatoms. The van der Waals surface area contributed by atoms with E-state index in [1.165, 1.54) is 12.8 Å². The monoisotopic (exact) mass is 263 g/mol. The molecule has 2 nitrogen and oxygen atoms in total. The highest BCUT2D eigenvalue weighted by atomic mass is 16.3. The molecule has 0 aromatic heterocycles. The second kappa shape index (κ2) is 4.46. The number of nitrogens with one attached hydrogen (secondary N) is 1. The van der Waals surface area contributed by atoms with Gasteiger partial charge in [0.1, 0.15) is 0 Å². The topological polar surface area (TPSA) is 32.3 Å². The Morgan fingerprint density at radius 1 is 1.00 bits per heavy atom. The average Bonchev–Trinajstić information content (AvgIpc) is 2.23. The molecule has 2 N–H and O–H groups in total. The largest absolute Gasteiger partial charge is 0.392 e. The molecule has 4 bridgehead atoms. The molecule has 19 heavy (non-hydrogen) atoms. The average molecular weight is 263 g/mol. The molecule has 0 aromatic carbocycles. The van der Waals surface area contributed by atoms with Crippen LogP contribution in [0.4, 0.5) is 0 Å². The van der Waals surface area contributed by atoms with Crippen molar-refractivity contribution in [3.8, 4) is 0 Å². The van der Waals surface area contributed by atoms with Crippen LogP contribution in [0.1, 0.15) is 58.3 Å². The van der Waals surface area contributed by atoms with Gasteiger partial charge in [-0.25, -0.2) is 0 Å². The van der Waals surface area contributed by atoms with E-state index in [1.54, 1.807) is 38.5 Å². The van der Waals surface area contributed by atoms with Crippen LogP contribution in [0.2, 0.25) is 0 Å². The van der Waals surface area contributed by atoms with Crippen LogP contribution in [0.5, 0.6) is 0 Å². The molecular formula is C17H29NO. The summed E-state index contributed by atoms with van der Waals surface area (Å²) in [5.74, 6) is 4.29. The molecule has 5 aliphatic rings. The number of rotatable bonds is 4. The summed E-state index contributed by atoms with van der Waals surface area (Å²) in [4.78, 5) is 0. The molecule has 0 amide bonds. The molecule has 5 saturated carbocycles. The SMILES string of the molecule is CC(O)CNC1CC(C23CC4CC(CC(C4)C2)C3)C1. The Kier molecular flexibility index (Phi) is 2.97. The van der Waals surface area contributed by atoms with Crippen molar-refractivity contribution in [3.05, 3.63) is 0 Å². The van der Waals surface area contributed by atoms with Crippen molar-refractivity contribution in [2.24, 2.45) is 29.1 Å². The summed E-state index contributed by atoms with van der Waals surface area (Å²) < 4.78 is 0. The number of hydrogen-bond acceptors (Lipinski definition) is 2. The standard InChI is InChI=1S/C17H29NO/c1-11(19)10-18-16-5-15(6-16)17-7-12-2-13(8-17)4-14(3-12)9-17/h11-16,18-19H,2-10H2,1H3. The van der Waals surface area contributed by atoms with Gasteiger partial charge in [-0.15, -0.1) is 0 Å². The maximum atomic E-state index is 9.35. The first-order valence-corrected chi connectivity index (χ1v) is 8.54. The molecule has 0 heterocycles. The fourth-order valence-corrected chi connectivity index (χ4v) is 6.30. The summed E-state index contributed by atoms with van der Waals surface area (Å²) in [5, 5.41) is 12.9. The predicted octanol–water partition coefficient (Wildman–Crippen LogP) is 2.95. The third-order valence-corrected chi connectivity index (χ3v) is 6.79. The molecule has 0 aromatic rings. The van der Waals surface area contributed by atoms with Crippen LogP contribution in [0.25, 0.3) is 0 Å². The first-order chi connectivity index (χ1) is 9.13. The van der Waals surface area contributed by atoms with Crippen LogP contribution in [0.3, 0.4) is 0 Å². The molecule has 1 unspecified atom stereocenters. The lowest BCUT2D eigenvalue weighted by atomic mass is 9.43. The lowest BCUT2D eigenvalue weighted by Gasteiger charge is -2.62. The maximum Gasteiger partial charge on any atom is 0.0636 e. The minimum Gasteiger partial charge on any atom is -0.392 e. The van der Waals surface area contributed by atoms with E-state index >= 15 is 0 Å². The van der Waals surface area contributed by atoms with Crippen LogP contribution in [0.15, 0.2) is 0 Å². The quantitative estimate of drug-likeness (QED) is 0.817. The van der Waals surface area contributed by atoms with E-state index in [-0.39, 0.29) is 6.10 Å². The highest BCUT2D eigenvalue weighted by Crippen LogP contribution is 2.65. The summed E-state index contributed by atoms with van der Waals surface area (Å²) in [7, 11) is 0. The van der Waals surface area contributed by atoms with Crippen molar-refractivity contribution in [2.75, 3.05) is 6.54 Å². The van der Waals surface area contributed by atoms with Gasteiger partial charge in [-0.05, 0) is 87.4 Å². The summed E-state index contributed by atoms with van der Waals surface area (Å²) in [6, 6.07) is 0.701. The van der Waals surface area contributed by atoms with Gasteiger partial charge in [0.15, 0.2) is 0 Å². The van der Waals surface area contributed by atoms with Gasteiger partial charge in [0, 0.05) is 12.6 Å². The number of aliphatic hydroxyl groups is 1. The Labute approximate surface area is 117 Å². The molecule has 1 atom stereocenters. The van der Waals surface area contributed by atoms with Gasteiger partial charge >= 0.3 is 0 Å². The Balaban J connectivity index is 1.36. The molecule has 108 valence electrons. The Morgan fingerprint density at radius 2 is 1.53 bits per heavy atom. The predicted molar refractivity (Wildman–Crippen MR) is 76.8 cm³/mol. The Bertz CT molecular complexity index is 310. The van der Waals surface area contributed by atoms with E-state index in [2.05, 4.69) is 5.32 Å². The van der Waals surface area contributed by atoms with Crippen molar-refractivity contribution in [3.63, 3.8) is 0 Å². The van der Waals surface area contributed by atoms with E-state index < -0.39 is 0 Å². The van der Waals surface area contributed by atoms with Crippen molar-refractivity contribution in [2.45, 2.75) is 70.4 Å². The van der Waals surface area contributed by atoms with Gasteiger partial charge < -0.3 is 10.4 Å². The number of aliphatic hydroxyl groups excluding tert-OH is 1. The minimum atomic E-state index is -0.196. The van der Waals surface area contributed by atoms with Crippen LogP contribution >= 0.6 is 0 Å². The van der Waals surface area contributed by atoms with E-state index in [0.29, 0.717) is 6.04 Å². The third-order valence-electron chi connectivity index (χ3n) is 6.79. The van der Waals surface area contributed by atoms with Gasteiger partial charge in [-0.3, -0.25) is 0 Å². The zero-order chi connectivity index (χ0) is 13.0. The van der Waals surface area contributed by atoms with E-state index in [1.807, 2.05) is 6.92 Å². The molecule has 5 rings (SSSR count).